The van der Waals surface area contributed by atoms with Crippen LogP contribution in [-0.2, 0) is 4.74 Å². The average Bonchev–Trinajstić information content (AvgIpc) is 2.50. The number of rotatable bonds is 8. The first-order valence-corrected chi connectivity index (χ1v) is 6.40. The summed E-state index contributed by atoms with van der Waals surface area (Å²) in [5.41, 5.74) is 0.367. The first-order valence-electron chi connectivity index (χ1n) is 6.40. The standard InChI is InChI=1S/C13H19N3O5/c1-14-11-4-3-10(9-12(11)16(19)20)13(18)15(5-7-17)6-8-21-2/h3-4,9,14,17H,5-8H2,1-2H3. The number of nitrogens with one attached hydrogen (secondary N) is 1. The Labute approximate surface area is 122 Å². The van der Waals surface area contributed by atoms with E-state index in [4.69, 9.17) is 9.84 Å². The van der Waals surface area contributed by atoms with Crippen molar-refractivity contribution < 1.29 is 19.6 Å². The van der Waals surface area contributed by atoms with Crippen molar-refractivity contribution in [2.45, 2.75) is 0 Å². The predicted octanol–water partition coefficient (Wildman–Crippen LogP) is 0.717. The molecule has 0 bridgehead atoms. The molecule has 8 nitrogen and oxygen atoms in total. The molecule has 0 radical (unpaired) electrons. The van der Waals surface area contributed by atoms with E-state index in [2.05, 4.69) is 5.32 Å². The van der Waals surface area contributed by atoms with Gasteiger partial charge in [-0.15, -0.1) is 0 Å². The van der Waals surface area contributed by atoms with Crippen molar-refractivity contribution in [3.05, 3.63) is 33.9 Å². The van der Waals surface area contributed by atoms with Gasteiger partial charge in [-0.1, -0.05) is 0 Å². The van der Waals surface area contributed by atoms with Crippen LogP contribution in [0, 0.1) is 10.1 Å². The Kier molecular flexibility index (Phi) is 6.57. The number of carbonyl (C=O) groups is 1. The SMILES string of the molecule is CNc1ccc(C(=O)N(CCO)CCOC)cc1[N+](=O)[O-]. The monoisotopic (exact) mass is 297 g/mol. The average molecular weight is 297 g/mol. The number of nitro benzene ring substituents is 1. The van der Waals surface area contributed by atoms with E-state index in [1.807, 2.05) is 0 Å². The summed E-state index contributed by atoms with van der Waals surface area (Å²) < 4.78 is 4.91. The highest BCUT2D eigenvalue weighted by atomic mass is 16.6. The molecule has 1 rings (SSSR count). The second-order valence-corrected chi connectivity index (χ2v) is 4.25. The van der Waals surface area contributed by atoms with Gasteiger partial charge in [-0.2, -0.15) is 0 Å². The predicted molar refractivity (Wildman–Crippen MR) is 77.5 cm³/mol. The molecule has 0 saturated carbocycles. The van der Waals surface area contributed by atoms with Crippen LogP contribution in [-0.4, -0.2) is 61.3 Å². The summed E-state index contributed by atoms with van der Waals surface area (Å²) >= 11 is 0. The van der Waals surface area contributed by atoms with E-state index in [0.29, 0.717) is 18.8 Å². The minimum Gasteiger partial charge on any atom is -0.395 e. The van der Waals surface area contributed by atoms with Crippen molar-refractivity contribution in [1.82, 2.24) is 4.90 Å². The van der Waals surface area contributed by atoms with Gasteiger partial charge in [0.05, 0.1) is 18.1 Å². The number of carbonyl (C=O) groups excluding carboxylic acids is 1. The lowest BCUT2D eigenvalue weighted by Gasteiger charge is -2.21. The molecule has 2 N–H and O–H groups in total. The molecule has 116 valence electrons. The summed E-state index contributed by atoms with van der Waals surface area (Å²) in [5.74, 6) is -0.383. The van der Waals surface area contributed by atoms with Gasteiger partial charge >= 0.3 is 0 Å². The van der Waals surface area contributed by atoms with Crippen molar-refractivity contribution >= 4 is 17.3 Å². The Morgan fingerprint density at radius 3 is 2.71 bits per heavy atom. The van der Waals surface area contributed by atoms with Crippen LogP contribution in [0.1, 0.15) is 10.4 Å². The maximum absolute atomic E-state index is 12.3. The molecule has 0 fully saturated rings. The van der Waals surface area contributed by atoms with Gasteiger partial charge in [-0.05, 0) is 12.1 Å². The van der Waals surface area contributed by atoms with Crippen molar-refractivity contribution in [2.75, 3.05) is 45.8 Å². The number of aliphatic hydroxyl groups excluding tert-OH is 1. The van der Waals surface area contributed by atoms with E-state index in [9.17, 15) is 14.9 Å². The molecule has 0 aromatic heterocycles. The van der Waals surface area contributed by atoms with Gasteiger partial charge in [-0.25, -0.2) is 0 Å². The summed E-state index contributed by atoms with van der Waals surface area (Å²) in [6.45, 7) is 0.579. The van der Waals surface area contributed by atoms with Gasteiger partial charge in [0.2, 0.25) is 0 Å². The highest BCUT2D eigenvalue weighted by molar-refractivity contribution is 5.95. The third-order valence-electron chi connectivity index (χ3n) is 2.93. The number of benzene rings is 1. The van der Waals surface area contributed by atoms with Crippen molar-refractivity contribution in [2.24, 2.45) is 0 Å². The molecule has 1 amide bonds. The zero-order valence-electron chi connectivity index (χ0n) is 12.0. The van der Waals surface area contributed by atoms with Crippen LogP contribution >= 0.6 is 0 Å². The second kappa shape index (κ2) is 8.18. The van der Waals surface area contributed by atoms with Crippen LogP contribution < -0.4 is 5.32 Å². The lowest BCUT2D eigenvalue weighted by molar-refractivity contribution is -0.384. The van der Waals surface area contributed by atoms with Crippen LogP contribution in [0.3, 0.4) is 0 Å². The number of methoxy groups -OCH3 is 1. The molecule has 0 spiro atoms. The molecule has 0 heterocycles. The second-order valence-electron chi connectivity index (χ2n) is 4.25. The Bertz CT molecular complexity index is 507. The molecule has 1 aromatic carbocycles. The fraction of sp³-hybridized carbons (Fsp3) is 0.462. The van der Waals surface area contributed by atoms with Gasteiger partial charge in [-0.3, -0.25) is 14.9 Å². The van der Waals surface area contributed by atoms with Crippen molar-refractivity contribution in [3.63, 3.8) is 0 Å². The van der Waals surface area contributed by atoms with Crippen molar-refractivity contribution in [3.8, 4) is 0 Å². The highest BCUT2D eigenvalue weighted by Gasteiger charge is 2.20. The lowest BCUT2D eigenvalue weighted by atomic mass is 10.1. The van der Waals surface area contributed by atoms with Crippen LogP contribution in [0.2, 0.25) is 0 Å². The Balaban J connectivity index is 3.04. The van der Waals surface area contributed by atoms with E-state index in [1.54, 1.807) is 7.05 Å². The zero-order chi connectivity index (χ0) is 15.8. The number of anilines is 1. The van der Waals surface area contributed by atoms with Gasteiger partial charge in [0.25, 0.3) is 11.6 Å². The van der Waals surface area contributed by atoms with Crippen molar-refractivity contribution in [1.29, 1.82) is 0 Å². The number of amides is 1. The smallest absolute Gasteiger partial charge is 0.293 e. The van der Waals surface area contributed by atoms with Crippen LogP contribution in [0.15, 0.2) is 18.2 Å². The van der Waals surface area contributed by atoms with Gasteiger partial charge in [0.15, 0.2) is 0 Å². The molecule has 21 heavy (non-hydrogen) atoms. The van der Waals surface area contributed by atoms with Crippen LogP contribution in [0.5, 0.6) is 0 Å². The number of nitro groups is 1. The summed E-state index contributed by atoms with van der Waals surface area (Å²) in [5, 5.41) is 22.7. The molecule has 0 atom stereocenters. The number of ether oxygens (including phenoxy) is 1. The molecule has 0 aliphatic rings. The molecular formula is C13H19N3O5. The van der Waals surface area contributed by atoms with E-state index in [1.165, 1.54) is 30.2 Å². The van der Waals surface area contributed by atoms with E-state index >= 15 is 0 Å². The minimum atomic E-state index is -0.547. The molecular weight excluding hydrogens is 278 g/mol. The third kappa shape index (κ3) is 4.40. The first kappa shape index (κ1) is 16.9. The molecule has 1 aromatic rings. The van der Waals surface area contributed by atoms with Crippen LogP contribution in [0.25, 0.3) is 0 Å². The van der Waals surface area contributed by atoms with Gasteiger partial charge in [0.1, 0.15) is 5.69 Å². The normalized spacial score (nSPS) is 10.2. The summed E-state index contributed by atoms with van der Waals surface area (Å²) in [7, 11) is 3.08. The van der Waals surface area contributed by atoms with E-state index in [-0.39, 0.29) is 30.3 Å². The summed E-state index contributed by atoms with van der Waals surface area (Å²) in [6, 6.07) is 4.22. The third-order valence-corrected chi connectivity index (χ3v) is 2.93. The maximum atomic E-state index is 12.3. The van der Waals surface area contributed by atoms with Gasteiger partial charge < -0.3 is 20.1 Å². The topological polar surface area (TPSA) is 105 Å². The fourth-order valence-corrected chi connectivity index (χ4v) is 1.85. The minimum absolute atomic E-state index is 0.143. The molecule has 0 unspecified atom stereocenters. The molecule has 0 aliphatic heterocycles. The van der Waals surface area contributed by atoms with Gasteiger partial charge in [0, 0.05) is 38.9 Å². The first-order chi connectivity index (χ1) is 10.0. The number of nitrogens with zero attached hydrogens (tertiary/aromatic N) is 2. The quantitative estimate of drug-likeness (QED) is 0.541. The summed E-state index contributed by atoms with van der Waals surface area (Å²) in [4.78, 5) is 24.2. The van der Waals surface area contributed by atoms with Crippen LogP contribution in [0.4, 0.5) is 11.4 Å². The zero-order valence-corrected chi connectivity index (χ0v) is 12.0. The molecule has 0 aliphatic carbocycles. The maximum Gasteiger partial charge on any atom is 0.293 e. The fourth-order valence-electron chi connectivity index (χ4n) is 1.85. The molecule has 0 saturated heterocycles. The Morgan fingerprint density at radius 2 is 2.19 bits per heavy atom. The van der Waals surface area contributed by atoms with E-state index < -0.39 is 4.92 Å². The number of hydrogen-bond acceptors (Lipinski definition) is 6. The van der Waals surface area contributed by atoms with E-state index in [0.717, 1.165) is 0 Å². The molecule has 8 heteroatoms. The highest BCUT2D eigenvalue weighted by Crippen LogP contribution is 2.25. The summed E-state index contributed by atoms with van der Waals surface area (Å²) in [6.07, 6.45) is 0. The lowest BCUT2D eigenvalue weighted by Crippen LogP contribution is -2.36. The number of hydrogen-bond donors (Lipinski definition) is 2. The largest absolute Gasteiger partial charge is 0.395 e. The number of aliphatic hydroxyl groups is 1. The Morgan fingerprint density at radius 1 is 1.48 bits per heavy atom. The Hall–Kier alpha value is -2.19.